The molecule has 146 valence electrons. The van der Waals surface area contributed by atoms with Crippen molar-refractivity contribution in [3.8, 4) is 0 Å². The van der Waals surface area contributed by atoms with Crippen molar-refractivity contribution >= 4 is 52.8 Å². The van der Waals surface area contributed by atoms with E-state index in [0.29, 0.717) is 34.2 Å². The van der Waals surface area contributed by atoms with Crippen molar-refractivity contribution in [2.45, 2.75) is 18.9 Å². The van der Waals surface area contributed by atoms with Crippen LogP contribution >= 0.6 is 11.6 Å². The number of nitrogens with zero attached hydrogens (tertiary/aromatic N) is 4. The molecule has 29 heavy (non-hydrogen) atoms. The summed E-state index contributed by atoms with van der Waals surface area (Å²) in [7, 11) is 0. The third-order valence-electron chi connectivity index (χ3n) is 4.41. The Bertz CT molecular complexity index is 1180. The zero-order chi connectivity index (χ0) is 20.0. The summed E-state index contributed by atoms with van der Waals surface area (Å²) in [5.74, 6) is 0.381. The molecular weight excluding hydrogens is 396 g/mol. The highest BCUT2D eigenvalue weighted by Crippen LogP contribution is 2.26. The highest BCUT2D eigenvalue weighted by molar-refractivity contribution is 6.30. The molecule has 2 fully saturated rings. The van der Waals surface area contributed by atoms with E-state index in [1.54, 1.807) is 22.8 Å². The van der Waals surface area contributed by atoms with E-state index in [1.807, 2.05) is 12.1 Å². The van der Waals surface area contributed by atoms with Crippen LogP contribution in [0, 0.1) is 0 Å². The van der Waals surface area contributed by atoms with Gasteiger partial charge in [-0.15, -0.1) is 0 Å². The SMILES string of the molecule is O=C1NC(=O)/C(=C/c2cnn3c(NC4CC4)nc(Nc4cccc(Cl)c4)nc23)N1. The lowest BCUT2D eigenvalue weighted by Gasteiger charge is -2.10. The van der Waals surface area contributed by atoms with E-state index in [1.165, 1.54) is 6.08 Å². The number of fused-ring (bicyclic) bond motifs is 1. The lowest BCUT2D eigenvalue weighted by molar-refractivity contribution is -0.115. The van der Waals surface area contributed by atoms with E-state index in [4.69, 9.17) is 11.6 Å². The first-order valence-electron chi connectivity index (χ1n) is 8.94. The summed E-state index contributed by atoms with van der Waals surface area (Å²) < 4.78 is 1.57. The Morgan fingerprint density at radius 2 is 2.07 bits per heavy atom. The van der Waals surface area contributed by atoms with Gasteiger partial charge in [-0.1, -0.05) is 17.7 Å². The standard InChI is InChI=1S/C18H15ClN8O2/c19-10-2-1-3-12(7-10)21-16-24-14-9(6-13-15(28)25-18(29)23-13)8-20-27(14)17(26-16)22-11-4-5-11/h1-3,6-8,11H,4-5H2,(H2,21,22,24,26)(H2,23,25,28,29)/b13-6-. The van der Waals surface area contributed by atoms with Crippen molar-refractivity contribution in [2.24, 2.45) is 0 Å². The van der Waals surface area contributed by atoms with Crippen LogP contribution < -0.4 is 21.3 Å². The second kappa shape index (κ2) is 6.74. The number of amides is 3. The van der Waals surface area contributed by atoms with Gasteiger partial charge in [0.1, 0.15) is 5.70 Å². The van der Waals surface area contributed by atoms with Gasteiger partial charge in [-0.25, -0.2) is 4.79 Å². The van der Waals surface area contributed by atoms with Crippen LogP contribution in [0.5, 0.6) is 0 Å². The fourth-order valence-corrected chi connectivity index (χ4v) is 3.08. The fourth-order valence-electron chi connectivity index (χ4n) is 2.89. The molecule has 4 N–H and O–H groups in total. The van der Waals surface area contributed by atoms with Gasteiger partial charge in [0.05, 0.1) is 6.20 Å². The average molecular weight is 411 g/mol. The van der Waals surface area contributed by atoms with Gasteiger partial charge >= 0.3 is 6.03 Å². The minimum absolute atomic E-state index is 0.129. The molecule has 1 aliphatic carbocycles. The summed E-state index contributed by atoms with van der Waals surface area (Å²) in [5, 5.41) is 16.0. The van der Waals surface area contributed by atoms with Crippen LogP contribution in [0.15, 0.2) is 36.2 Å². The molecule has 3 aromatic rings. The maximum absolute atomic E-state index is 11.8. The Morgan fingerprint density at radius 3 is 2.79 bits per heavy atom. The smallest absolute Gasteiger partial charge is 0.326 e. The van der Waals surface area contributed by atoms with Crippen molar-refractivity contribution < 1.29 is 9.59 Å². The number of nitrogens with one attached hydrogen (secondary N) is 4. The second-order valence-corrected chi connectivity index (χ2v) is 7.16. The summed E-state index contributed by atoms with van der Waals surface area (Å²) in [5.41, 5.74) is 1.91. The van der Waals surface area contributed by atoms with E-state index in [-0.39, 0.29) is 5.70 Å². The monoisotopic (exact) mass is 410 g/mol. The molecule has 1 saturated carbocycles. The largest absolute Gasteiger partial charge is 0.351 e. The minimum Gasteiger partial charge on any atom is -0.351 e. The summed E-state index contributed by atoms with van der Waals surface area (Å²) in [6.07, 6.45) is 5.22. The predicted octanol–water partition coefficient (Wildman–Crippen LogP) is 2.28. The van der Waals surface area contributed by atoms with Crippen molar-refractivity contribution in [1.82, 2.24) is 30.2 Å². The minimum atomic E-state index is -0.563. The molecule has 2 aliphatic rings. The normalized spacial score (nSPS) is 17.5. The number of rotatable bonds is 5. The number of urea groups is 1. The number of hydrogen-bond donors (Lipinski definition) is 4. The van der Waals surface area contributed by atoms with Gasteiger partial charge in [0.15, 0.2) is 5.65 Å². The molecule has 1 saturated heterocycles. The number of anilines is 3. The van der Waals surface area contributed by atoms with Crippen LogP contribution in [-0.4, -0.2) is 37.6 Å². The van der Waals surface area contributed by atoms with Gasteiger partial charge in [-0.2, -0.15) is 19.6 Å². The summed E-state index contributed by atoms with van der Waals surface area (Å²) >= 11 is 6.06. The molecule has 0 atom stereocenters. The maximum Gasteiger partial charge on any atom is 0.326 e. The quantitative estimate of drug-likeness (QED) is 0.375. The van der Waals surface area contributed by atoms with E-state index >= 15 is 0 Å². The second-order valence-electron chi connectivity index (χ2n) is 6.73. The Balaban J connectivity index is 1.57. The van der Waals surface area contributed by atoms with Crippen LogP contribution in [-0.2, 0) is 4.79 Å². The number of carbonyl (C=O) groups excluding carboxylic acids is 2. The van der Waals surface area contributed by atoms with Crippen LogP contribution in [0.25, 0.3) is 11.7 Å². The number of imide groups is 1. The van der Waals surface area contributed by atoms with Crippen LogP contribution in [0.1, 0.15) is 18.4 Å². The summed E-state index contributed by atoms with van der Waals surface area (Å²) in [6, 6.07) is 7.00. The van der Waals surface area contributed by atoms with Crippen molar-refractivity contribution in [3.63, 3.8) is 0 Å². The highest BCUT2D eigenvalue weighted by Gasteiger charge is 2.26. The number of hydrogen-bond acceptors (Lipinski definition) is 7. The predicted molar refractivity (Wildman–Crippen MR) is 107 cm³/mol. The van der Waals surface area contributed by atoms with E-state index in [9.17, 15) is 9.59 Å². The molecule has 1 aliphatic heterocycles. The van der Waals surface area contributed by atoms with Gasteiger partial charge in [0, 0.05) is 22.3 Å². The lowest BCUT2D eigenvalue weighted by Crippen LogP contribution is -2.22. The van der Waals surface area contributed by atoms with E-state index in [0.717, 1.165) is 18.5 Å². The van der Waals surface area contributed by atoms with E-state index in [2.05, 4.69) is 36.3 Å². The Hall–Kier alpha value is -3.66. The van der Waals surface area contributed by atoms with Gasteiger partial charge < -0.3 is 16.0 Å². The molecule has 0 radical (unpaired) electrons. The van der Waals surface area contributed by atoms with Crippen LogP contribution in [0.4, 0.5) is 22.4 Å². The third kappa shape index (κ3) is 3.57. The average Bonchev–Trinajstić information content (AvgIpc) is 3.31. The Labute approximate surface area is 169 Å². The third-order valence-corrected chi connectivity index (χ3v) is 4.64. The molecule has 2 aromatic heterocycles. The highest BCUT2D eigenvalue weighted by atomic mass is 35.5. The number of aromatic nitrogens is 4. The lowest BCUT2D eigenvalue weighted by atomic mass is 10.2. The molecule has 0 unspecified atom stereocenters. The zero-order valence-corrected chi connectivity index (χ0v) is 15.7. The van der Waals surface area contributed by atoms with Crippen molar-refractivity contribution in [3.05, 3.63) is 46.7 Å². The molecule has 5 rings (SSSR count). The topological polar surface area (TPSA) is 125 Å². The molecule has 3 amide bonds. The summed E-state index contributed by atoms with van der Waals surface area (Å²) in [6.45, 7) is 0. The molecule has 10 nitrogen and oxygen atoms in total. The first kappa shape index (κ1) is 17.4. The molecular formula is C18H15ClN8O2. The Morgan fingerprint density at radius 1 is 1.21 bits per heavy atom. The first-order valence-corrected chi connectivity index (χ1v) is 9.32. The first-order chi connectivity index (χ1) is 14.0. The van der Waals surface area contributed by atoms with Crippen LogP contribution in [0.3, 0.4) is 0 Å². The fraction of sp³-hybridized carbons (Fsp3) is 0.167. The van der Waals surface area contributed by atoms with Gasteiger partial charge in [-0.3, -0.25) is 10.1 Å². The number of carbonyl (C=O) groups is 2. The number of benzene rings is 1. The molecule has 11 heteroatoms. The van der Waals surface area contributed by atoms with Crippen molar-refractivity contribution in [2.75, 3.05) is 10.6 Å². The van der Waals surface area contributed by atoms with Crippen molar-refractivity contribution in [1.29, 1.82) is 0 Å². The molecule has 3 heterocycles. The van der Waals surface area contributed by atoms with Gasteiger partial charge in [0.25, 0.3) is 5.91 Å². The zero-order valence-electron chi connectivity index (χ0n) is 14.9. The van der Waals surface area contributed by atoms with E-state index < -0.39 is 11.9 Å². The van der Waals surface area contributed by atoms with Gasteiger partial charge in [-0.05, 0) is 37.1 Å². The van der Waals surface area contributed by atoms with Gasteiger partial charge in [0.2, 0.25) is 11.9 Å². The maximum atomic E-state index is 11.8. The summed E-state index contributed by atoms with van der Waals surface area (Å²) in [4.78, 5) is 32.3. The molecule has 1 aromatic carbocycles. The molecule has 0 spiro atoms. The molecule has 0 bridgehead atoms. The van der Waals surface area contributed by atoms with Crippen LogP contribution in [0.2, 0.25) is 5.02 Å². The number of halogens is 1. The Kier molecular flexibility index (Phi) is 4.06.